The lowest BCUT2D eigenvalue weighted by atomic mass is 9.63. The van der Waals surface area contributed by atoms with Gasteiger partial charge < -0.3 is 10.6 Å². The standard InChI is InChI=1S/C17H32N2O/c1-12-8-13(6-7-18-12)15(20)19-14-9-16(2,3)11-17(4,5)10-14/h12-14,18H,6-11H2,1-5H3,(H,19,20). The van der Waals surface area contributed by atoms with Gasteiger partial charge in [-0.15, -0.1) is 0 Å². The molecule has 0 aromatic heterocycles. The summed E-state index contributed by atoms with van der Waals surface area (Å²) in [5.41, 5.74) is 0.669. The van der Waals surface area contributed by atoms with E-state index >= 15 is 0 Å². The summed E-state index contributed by atoms with van der Waals surface area (Å²) in [5.74, 6) is 0.497. The SMILES string of the molecule is CC1CC(C(=O)NC2CC(C)(C)CC(C)(C)C2)CCN1. The maximum atomic E-state index is 12.5. The molecule has 1 saturated heterocycles. The minimum atomic E-state index is 0.208. The first-order valence-corrected chi connectivity index (χ1v) is 8.21. The molecule has 1 aliphatic heterocycles. The monoisotopic (exact) mass is 280 g/mol. The fourth-order valence-electron chi connectivity index (χ4n) is 4.64. The van der Waals surface area contributed by atoms with E-state index in [9.17, 15) is 4.79 Å². The van der Waals surface area contributed by atoms with Gasteiger partial charge in [-0.3, -0.25) is 4.79 Å². The molecule has 0 aromatic rings. The van der Waals surface area contributed by atoms with Crippen LogP contribution in [0.3, 0.4) is 0 Å². The van der Waals surface area contributed by atoms with Gasteiger partial charge in [-0.25, -0.2) is 0 Å². The fourth-order valence-corrected chi connectivity index (χ4v) is 4.64. The third-order valence-electron chi connectivity index (χ3n) is 4.90. The van der Waals surface area contributed by atoms with Gasteiger partial charge in [0.25, 0.3) is 0 Å². The predicted molar refractivity (Wildman–Crippen MR) is 83.5 cm³/mol. The van der Waals surface area contributed by atoms with Gasteiger partial charge in [0, 0.05) is 18.0 Å². The second-order valence-electron chi connectivity index (χ2n) is 8.70. The summed E-state index contributed by atoms with van der Waals surface area (Å²) in [5, 5.41) is 6.77. The van der Waals surface area contributed by atoms with Crippen LogP contribution in [0, 0.1) is 16.7 Å². The summed E-state index contributed by atoms with van der Waals surface area (Å²) in [6.45, 7) is 12.5. The van der Waals surface area contributed by atoms with Crippen molar-refractivity contribution in [3.63, 3.8) is 0 Å². The molecule has 0 bridgehead atoms. The molecule has 1 heterocycles. The van der Waals surface area contributed by atoms with Crippen molar-refractivity contribution in [1.29, 1.82) is 0 Å². The Morgan fingerprint density at radius 2 is 1.75 bits per heavy atom. The molecule has 2 N–H and O–H groups in total. The molecular weight excluding hydrogens is 248 g/mol. The van der Waals surface area contributed by atoms with Gasteiger partial charge in [0.15, 0.2) is 0 Å². The van der Waals surface area contributed by atoms with Crippen LogP contribution >= 0.6 is 0 Å². The van der Waals surface area contributed by atoms with E-state index in [1.165, 1.54) is 6.42 Å². The van der Waals surface area contributed by atoms with Gasteiger partial charge in [-0.1, -0.05) is 27.7 Å². The maximum absolute atomic E-state index is 12.5. The molecule has 3 heteroatoms. The molecule has 2 aliphatic rings. The van der Waals surface area contributed by atoms with Crippen LogP contribution in [0.25, 0.3) is 0 Å². The lowest BCUT2D eigenvalue weighted by molar-refractivity contribution is -0.127. The first-order valence-electron chi connectivity index (χ1n) is 8.21. The average molecular weight is 280 g/mol. The first kappa shape index (κ1) is 15.8. The van der Waals surface area contributed by atoms with E-state index in [0.29, 0.717) is 22.9 Å². The summed E-state index contributed by atoms with van der Waals surface area (Å²) >= 11 is 0. The lowest BCUT2D eigenvalue weighted by Crippen LogP contribution is -2.49. The van der Waals surface area contributed by atoms with Crippen molar-refractivity contribution in [2.45, 2.75) is 78.8 Å². The normalized spacial score (nSPS) is 33.6. The van der Waals surface area contributed by atoms with Crippen LogP contribution in [-0.4, -0.2) is 24.5 Å². The molecule has 2 atom stereocenters. The third-order valence-corrected chi connectivity index (χ3v) is 4.90. The van der Waals surface area contributed by atoms with Gasteiger partial charge in [0.1, 0.15) is 0 Å². The number of carbonyl (C=O) groups excluding carboxylic acids is 1. The minimum Gasteiger partial charge on any atom is -0.353 e. The summed E-state index contributed by atoms with van der Waals surface area (Å²) < 4.78 is 0. The Morgan fingerprint density at radius 1 is 1.15 bits per heavy atom. The topological polar surface area (TPSA) is 41.1 Å². The number of hydrogen-bond donors (Lipinski definition) is 2. The van der Waals surface area contributed by atoms with Gasteiger partial charge in [-0.2, -0.15) is 0 Å². The maximum Gasteiger partial charge on any atom is 0.223 e. The molecule has 2 fully saturated rings. The Morgan fingerprint density at radius 3 is 2.30 bits per heavy atom. The predicted octanol–water partition coefficient (Wildman–Crippen LogP) is 3.10. The highest BCUT2D eigenvalue weighted by atomic mass is 16.1. The van der Waals surface area contributed by atoms with Gasteiger partial charge >= 0.3 is 0 Å². The molecule has 0 aromatic carbocycles. The highest BCUT2D eigenvalue weighted by Crippen LogP contribution is 2.45. The molecule has 0 spiro atoms. The van der Waals surface area contributed by atoms with E-state index in [1.807, 2.05) is 0 Å². The summed E-state index contributed by atoms with van der Waals surface area (Å²) in [6.07, 6.45) is 5.43. The summed E-state index contributed by atoms with van der Waals surface area (Å²) in [6, 6.07) is 0.824. The molecular formula is C17H32N2O. The van der Waals surface area contributed by atoms with Crippen molar-refractivity contribution >= 4 is 5.91 Å². The Labute approximate surface area is 124 Å². The van der Waals surface area contributed by atoms with Crippen LogP contribution < -0.4 is 10.6 Å². The van der Waals surface area contributed by atoms with Gasteiger partial charge in [0.05, 0.1) is 0 Å². The quantitative estimate of drug-likeness (QED) is 0.816. The highest BCUT2D eigenvalue weighted by molar-refractivity contribution is 5.79. The Balaban J connectivity index is 1.93. The second-order valence-corrected chi connectivity index (χ2v) is 8.70. The number of carbonyl (C=O) groups is 1. The molecule has 116 valence electrons. The summed E-state index contributed by atoms with van der Waals surface area (Å²) in [4.78, 5) is 12.5. The van der Waals surface area contributed by atoms with Crippen molar-refractivity contribution < 1.29 is 4.79 Å². The van der Waals surface area contributed by atoms with E-state index < -0.39 is 0 Å². The molecule has 2 rings (SSSR count). The minimum absolute atomic E-state index is 0.208. The molecule has 1 amide bonds. The second kappa shape index (κ2) is 5.67. The number of rotatable bonds is 2. The van der Waals surface area contributed by atoms with Crippen LogP contribution in [0.4, 0.5) is 0 Å². The molecule has 0 radical (unpaired) electrons. The molecule has 2 unspecified atom stereocenters. The Bertz CT molecular complexity index is 346. The van der Waals surface area contributed by atoms with E-state index in [-0.39, 0.29) is 11.8 Å². The van der Waals surface area contributed by atoms with Crippen LogP contribution in [0.15, 0.2) is 0 Å². The molecule has 1 saturated carbocycles. The third kappa shape index (κ3) is 4.21. The van der Waals surface area contributed by atoms with E-state index in [1.54, 1.807) is 0 Å². The van der Waals surface area contributed by atoms with E-state index in [2.05, 4.69) is 45.3 Å². The average Bonchev–Trinajstić information content (AvgIpc) is 2.24. The summed E-state index contributed by atoms with van der Waals surface area (Å²) in [7, 11) is 0. The number of hydrogen-bond acceptors (Lipinski definition) is 2. The van der Waals surface area contributed by atoms with Crippen molar-refractivity contribution in [1.82, 2.24) is 10.6 Å². The van der Waals surface area contributed by atoms with Gasteiger partial charge in [0.2, 0.25) is 5.91 Å². The molecule has 20 heavy (non-hydrogen) atoms. The smallest absolute Gasteiger partial charge is 0.223 e. The number of nitrogens with one attached hydrogen (secondary N) is 2. The van der Waals surface area contributed by atoms with Crippen molar-refractivity contribution in [2.24, 2.45) is 16.7 Å². The van der Waals surface area contributed by atoms with Crippen molar-refractivity contribution in [2.75, 3.05) is 6.54 Å². The first-order chi connectivity index (χ1) is 9.17. The van der Waals surface area contributed by atoms with Gasteiger partial charge in [-0.05, 0) is 56.4 Å². The Kier molecular flexibility index (Phi) is 4.48. The number of amides is 1. The largest absolute Gasteiger partial charge is 0.353 e. The zero-order chi connectivity index (χ0) is 15.0. The zero-order valence-corrected chi connectivity index (χ0v) is 13.9. The zero-order valence-electron chi connectivity index (χ0n) is 13.9. The van der Waals surface area contributed by atoms with Crippen LogP contribution in [0.5, 0.6) is 0 Å². The Hall–Kier alpha value is -0.570. The molecule has 3 nitrogen and oxygen atoms in total. The van der Waals surface area contributed by atoms with Crippen molar-refractivity contribution in [3.8, 4) is 0 Å². The van der Waals surface area contributed by atoms with Crippen LogP contribution in [0.1, 0.15) is 66.7 Å². The molecule has 1 aliphatic carbocycles. The highest BCUT2D eigenvalue weighted by Gasteiger charge is 2.39. The van der Waals surface area contributed by atoms with Crippen LogP contribution in [-0.2, 0) is 4.79 Å². The van der Waals surface area contributed by atoms with E-state index in [4.69, 9.17) is 0 Å². The number of piperidine rings is 1. The van der Waals surface area contributed by atoms with E-state index in [0.717, 1.165) is 32.2 Å². The van der Waals surface area contributed by atoms with Crippen molar-refractivity contribution in [3.05, 3.63) is 0 Å². The lowest BCUT2D eigenvalue weighted by Gasteiger charge is -2.45. The fraction of sp³-hybridized carbons (Fsp3) is 0.941. The van der Waals surface area contributed by atoms with Crippen LogP contribution in [0.2, 0.25) is 0 Å².